The molecule has 1 amide bonds. The molecule has 0 bridgehead atoms. The fourth-order valence-corrected chi connectivity index (χ4v) is 6.14. The Balaban J connectivity index is 1.69. The summed E-state index contributed by atoms with van der Waals surface area (Å²) in [5.41, 5.74) is 1.23. The second-order valence-electron chi connectivity index (χ2n) is 7.50. The molecule has 0 aromatic heterocycles. The summed E-state index contributed by atoms with van der Waals surface area (Å²) in [7, 11) is -1.08. The van der Waals surface area contributed by atoms with Crippen LogP contribution in [0.3, 0.4) is 0 Å². The Bertz CT molecular complexity index is 1290. The molecular formula is C25H26Cl2N2O5S2. The van der Waals surface area contributed by atoms with Gasteiger partial charge in [0, 0.05) is 34.2 Å². The van der Waals surface area contributed by atoms with Crippen molar-refractivity contribution < 1.29 is 22.7 Å². The molecule has 3 aromatic carbocycles. The molecule has 36 heavy (non-hydrogen) atoms. The van der Waals surface area contributed by atoms with Crippen molar-refractivity contribution in [3.05, 3.63) is 82.3 Å². The molecule has 0 heterocycles. The van der Waals surface area contributed by atoms with Gasteiger partial charge in [-0.05, 0) is 42.0 Å². The zero-order valence-electron chi connectivity index (χ0n) is 19.7. The third-order valence-electron chi connectivity index (χ3n) is 5.11. The van der Waals surface area contributed by atoms with Gasteiger partial charge in [0.1, 0.15) is 6.54 Å². The molecule has 7 nitrogen and oxygen atoms in total. The summed E-state index contributed by atoms with van der Waals surface area (Å²) in [5.74, 6) is 1.63. The average Bonchev–Trinajstić information content (AvgIpc) is 2.88. The number of rotatable bonds is 12. The van der Waals surface area contributed by atoms with Crippen LogP contribution in [0.4, 0.5) is 5.69 Å². The highest BCUT2D eigenvalue weighted by Gasteiger charge is 2.28. The number of benzene rings is 3. The van der Waals surface area contributed by atoms with Gasteiger partial charge in [0.05, 0.1) is 24.8 Å². The van der Waals surface area contributed by atoms with Crippen LogP contribution in [0.15, 0.2) is 71.6 Å². The smallest absolute Gasteiger partial charge is 0.264 e. The molecule has 0 radical (unpaired) electrons. The van der Waals surface area contributed by atoms with Gasteiger partial charge in [-0.15, -0.1) is 0 Å². The van der Waals surface area contributed by atoms with Crippen LogP contribution in [-0.4, -0.2) is 47.4 Å². The molecule has 11 heteroatoms. The van der Waals surface area contributed by atoms with E-state index in [1.807, 2.05) is 6.07 Å². The lowest BCUT2D eigenvalue weighted by molar-refractivity contribution is -0.119. The van der Waals surface area contributed by atoms with E-state index in [9.17, 15) is 13.2 Å². The number of methoxy groups -OCH3 is 2. The molecule has 1 N–H and O–H groups in total. The van der Waals surface area contributed by atoms with Gasteiger partial charge < -0.3 is 14.8 Å². The third-order valence-corrected chi connectivity index (χ3v) is 8.50. The highest BCUT2D eigenvalue weighted by molar-refractivity contribution is 7.98. The monoisotopic (exact) mass is 568 g/mol. The van der Waals surface area contributed by atoms with Crippen LogP contribution >= 0.6 is 35.0 Å². The van der Waals surface area contributed by atoms with Gasteiger partial charge >= 0.3 is 0 Å². The summed E-state index contributed by atoms with van der Waals surface area (Å²) in [6, 6.07) is 18.0. The van der Waals surface area contributed by atoms with Crippen LogP contribution in [0.5, 0.6) is 11.5 Å². The number of nitrogens with one attached hydrogen (secondary N) is 1. The van der Waals surface area contributed by atoms with Gasteiger partial charge in [-0.3, -0.25) is 9.10 Å². The summed E-state index contributed by atoms with van der Waals surface area (Å²) in [6.45, 7) is -0.0414. The number of amides is 1. The van der Waals surface area contributed by atoms with Crippen molar-refractivity contribution >= 4 is 56.6 Å². The predicted octanol–water partition coefficient (Wildman–Crippen LogP) is 5.26. The fourth-order valence-electron chi connectivity index (χ4n) is 3.28. The molecule has 0 aliphatic rings. The third kappa shape index (κ3) is 7.22. The Hall–Kier alpha value is -2.59. The molecular weight excluding hydrogens is 543 g/mol. The zero-order valence-corrected chi connectivity index (χ0v) is 22.9. The van der Waals surface area contributed by atoms with Crippen molar-refractivity contribution in [2.45, 2.75) is 10.6 Å². The van der Waals surface area contributed by atoms with E-state index in [1.54, 1.807) is 54.2 Å². The molecule has 0 saturated heterocycles. The zero-order chi connectivity index (χ0) is 26.1. The Morgan fingerprint density at radius 2 is 1.69 bits per heavy atom. The molecule has 0 spiro atoms. The molecule has 0 fully saturated rings. The molecule has 192 valence electrons. The van der Waals surface area contributed by atoms with E-state index in [4.69, 9.17) is 32.7 Å². The van der Waals surface area contributed by atoms with Gasteiger partial charge in [-0.2, -0.15) is 11.8 Å². The quantitative estimate of drug-likeness (QED) is 0.300. The second kappa shape index (κ2) is 13.1. The number of hydrogen-bond donors (Lipinski definition) is 1. The number of hydrogen-bond acceptors (Lipinski definition) is 6. The van der Waals surface area contributed by atoms with Crippen molar-refractivity contribution in [2.75, 3.05) is 37.4 Å². The number of halogens is 2. The van der Waals surface area contributed by atoms with Gasteiger partial charge in [0.15, 0.2) is 11.5 Å². The largest absolute Gasteiger partial charge is 0.493 e. The van der Waals surface area contributed by atoms with Crippen molar-refractivity contribution in [1.29, 1.82) is 0 Å². The standard InChI is InChI=1S/C25H26Cl2N2O5S2/c1-33-23-11-10-20(15-24(23)34-2)29(36(31,32)21-6-4-3-5-7-21)16-25(30)28-12-13-35-17-18-8-9-19(26)14-22(18)27/h3-11,14-15H,12-13,16-17H2,1-2H3,(H,28,30). The number of ether oxygens (including phenoxy) is 2. The highest BCUT2D eigenvalue weighted by atomic mass is 35.5. The lowest BCUT2D eigenvalue weighted by Crippen LogP contribution is -2.41. The van der Waals surface area contributed by atoms with Crippen LogP contribution in [0.1, 0.15) is 5.56 Å². The Kier molecular flexibility index (Phi) is 10.2. The summed E-state index contributed by atoms with van der Waals surface area (Å²) in [4.78, 5) is 12.9. The highest BCUT2D eigenvalue weighted by Crippen LogP contribution is 2.33. The van der Waals surface area contributed by atoms with E-state index in [-0.39, 0.29) is 10.6 Å². The summed E-state index contributed by atoms with van der Waals surface area (Å²) >= 11 is 13.7. The van der Waals surface area contributed by atoms with Gasteiger partial charge in [-0.25, -0.2) is 8.42 Å². The topological polar surface area (TPSA) is 84.9 Å². The van der Waals surface area contributed by atoms with Gasteiger partial charge in [-0.1, -0.05) is 47.5 Å². The van der Waals surface area contributed by atoms with Crippen LogP contribution in [0.2, 0.25) is 10.0 Å². The number of anilines is 1. The van der Waals surface area contributed by atoms with Crippen LogP contribution in [-0.2, 0) is 20.6 Å². The minimum atomic E-state index is -4.03. The maximum absolute atomic E-state index is 13.5. The molecule has 0 saturated carbocycles. The molecule has 3 rings (SSSR count). The SMILES string of the molecule is COc1ccc(N(CC(=O)NCCSCc2ccc(Cl)cc2Cl)S(=O)(=O)c2ccccc2)cc1OC. The predicted molar refractivity (Wildman–Crippen MR) is 146 cm³/mol. The minimum Gasteiger partial charge on any atom is -0.493 e. The maximum atomic E-state index is 13.5. The van der Waals surface area contributed by atoms with Crippen LogP contribution in [0, 0.1) is 0 Å². The summed E-state index contributed by atoms with van der Waals surface area (Å²) in [6.07, 6.45) is 0. The molecule has 3 aromatic rings. The Morgan fingerprint density at radius 1 is 0.972 bits per heavy atom. The van der Waals surface area contributed by atoms with Crippen molar-refractivity contribution in [3.8, 4) is 11.5 Å². The first-order valence-electron chi connectivity index (χ1n) is 10.8. The first kappa shape index (κ1) is 28.0. The average molecular weight is 570 g/mol. The van der Waals surface area contributed by atoms with Gasteiger partial charge in [0.2, 0.25) is 5.91 Å². The van der Waals surface area contributed by atoms with Crippen LogP contribution in [0.25, 0.3) is 0 Å². The van der Waals surface area contributed by atoms with E-state index >= 15 is 0 Å². The Morgan fingerprint density at radius 3 is 2.36 bits per heavy atom. The van der Waals surface area contributed by atoms with Gasteiger partial charge in [0.25, 0.3) is 10.0 Å². The first-order chi connectivity index (χ1) is 17.3. The minimum absolute atomic E-state index is 0.0722. The lowest BCUT2D eigenvalue weighted by atomic mass is 10.2. The normalized spacial score (nSPS) is 11.1. The second-order valence-corrected chi connectivity index (χ2v) is 11.3. The van der Waals surface area contributed by atoms with Crippen molar-refractivity contribution in [3.63, 3.8) is 0 Å². The Labute approximate surface area is 225 Å². The summed E-state index contributed by atoms with van der Waals surface area (Å²) in [5, 5.41) is 3.96. The summed E-state index contributed by atoms with van der Waals surface area (Å²) < 4.78 is 38.6. The molecule has 0 atom stereocenters. The molecule has 0 unspecified atom stereocenters. The number of carbonyl (C=O) groups excluding carboxylic acids is 1. The van der Waals surface area contributed by atoms with E-state index < -0.39 is 22.5 Å². The van der Waals surface area contributed by atoms with E-state index in [1.165, 1.54) is 32.4 Å². The fraction of sp³-hybridized carbons (Fsp3) is 0.240. The van der Waals surface area contributed by atoms with Crippen molar-refractivity contribution in [2.24, 2.45) is 0 Å². The molecule has 0 aliphatic carbocycles. The maximum Gasteiger partial charge on any atom is 0.264 e. The van der Waals surface area contributed by atoms with E-state index in [2.05, 4.69) is 5.32 Å². The van der Waals surface area contributed by atoms with E-state index in [0.29, 0.717) is 39.6 Å². The first-order valence-corrected chi connectivity index (χ1v) is 14.2. The van der Waals surface area contributed by atoms with Crippen LogP contribution < -0.4 is 19.1 Å². The van der Waals surface area contributed by atoms with E-state index in [0.717, 1.165) is 9.87 Å². The van der Waals surface area contributed by atoms with Crippen molar-refractivity contribution in [1.82, 2.24) is 5.32 Å². The number of carbonyl (C=O) groups is 1. The lowest BCUT2D eigenvalue weighted by Gasteiger charge is -2.25. The number of sulfonamides is 1. The molecule has 0 aliphatic heterocycles. The number of nitrogens with zero attached hydrogens (tertiary/aromatic N) is 1. The number of thioether (sulfide) groups is 1.